The van der Waals surface area contributed by atoms with Crippen LogP contribution in [0.1, 0.15) is 11.6 Å². The molecule has 5 nitrogen and oxygen atoms in total. The normalized spacial score (nSPS) is 17.3. The van der Waals surface area contributed by atoms with Crippen LogP contribution in [0.5, 0.6) is 17.2 Å². The second kappa shape index (κ2) is 7.47. The summed E-state index contributed by atoms with van der Waals surface area (Å²) in [5.74, 6) is 1.64. The first kappa shape index (κ1) is 15.9. The maximum absolute atomic E-state index is 13.6. The van der Waals surface area contributed by atoms with Gasteiger partial charge in [-0.25, -0.2) is 4.39 Å². The van der Waals surface area contributed by atoms with Crippen molar-refractivity contribution in [1.29, 1.82) is 0 Å². The molecule has 0 bridgehead atoms. The molecule has 1 aromatic rings. The van der Waals surface area contributed by atoms with Gasteiger partial charge >= 0.3 is 0 Å². The van der Waals surface area contributed by atoms with Crippen molar-refractivity contribution in [3.63, 3.8) is 0 Å². The van der Waals surface area contributed by atoms with Crippen LogP contribution in [0.15, 0.2) is 12.1 Å². The Morgan fingerprint density at radius 2 is 1.67 bits per heavy atom. The van der Waals surface area contributed by atoms with E-state index in [9.17, 15) is 4.39 Å². The molecule has 0 aromatic heterocycles. The molecule has 0 aliphatic carbocycles. The number of ether oxygens (including phenoxy) is 3. The third kappa shape index (κ3) is 3.39. The maximum Gasteiger partial charge on any atom is 0.203 e. The van der Waals surface area contributed by atoms with Gasteiger partial charge in [-0.05, 0) is 17.7 Å². The summed E-state index contributed by atoms with van der Waals surface area (Å²) in [6, 6.07) is 3.36. The van der Waals surface area contributed by atoms with Crippen LogP contribution in [0.25, 0.3) is 0 Å². The Balaban J connectivity index is 2.36. The summed E-state index contributed by atoms with van der Waals surface area (Å²) >= 11 is 0. The first-order chi connectivity index (χ1) is 10.2. The largest absolute Gasteiger partial charge is 0.493 e. The number of halogens is 1. The number of alkyl halides is 1. The molecule has 1 fully saturated rings. The van der Waals surface area contributed by atoms with E-state index in [-0.39, 0.29) is 6.04 Å². The van der Waals surface area contributed by atoms with Gasteiger partial charge in [-0.15, -0.1) is 0 Å². The number of methoxy groups -OCH3 is 3. The van der Waals surface area contributed by atoms with E-state index in [1.807, 2.05) is 12.1 Å². The number of benzene rings is 1. The standard InChI is InChI=1S/C15H23FN2O3/c1-19-13-8-11(9-14(20-2)15(13)21-3)12(10-16)18-6-4-17-5-7-18/h8-9,12,17H,4-7,10H2,1-3H3/t12-/m1/s1. The second-order valence-electron chi connectivity index (χ2n) is 4.91. The Kier molecular flexibility index (Phi) is 5.64. The molecule has 1 aliphatic heterocycles. The van der Waals surface area contributed by atoms with Crippen LogP contribution in [0.2, 0.25) is 0 Å². The Morgan fingerprint density at radius 1 is 1.10 bits per heavy atom. The van der Waals surface area contributed by atoms with Crippen molar-refractivity contribution in [3.05, 3.63) is 17.7 Å². The lowest BCUT2D eigenvalue weighted by Gasteiger charge is -2.34. The summed E-state index contributed by atoms with van der Waals surface area (Å²) in [7, 11) is 4.69. The first-order valence-corrected chi connectivity index (χ1v) is 7.05. The Hall–Kier alpha value is -1.53. The molecule has 0 saturated carbocycles. The van der Waals surface area contributed by atoms with Gasteiger partial charge in [0.2, 0.25) is 5.75 Å². The molecule has 6 heteroatoms. The summed E-state index contributed by atoms with van der Waals surface area (Å²) in [5.41, 5.74) is 0.842. The van der Waals surface area contributed by atoms with Gasteiger partial charge in [0.1, 0.15) is 6.67 Å². The topological polar surface area (TPSA) is 43.0 Å². The van der Waals surface area contributed by atoms with Crippen LogP contribution in [-0.4, -0.2) is 59.1 Å². The molecular weight excluding hydrogens is 275 g/mol. The minimum atomic E-state index is -0.446. The highest BCUT2D eigenvalue weighted by Gasteiger charge is 2.25. The van der Waals surface area contributed by atoms with E-state index in [0.717, 1.165) is 31.7 Å². The zero-order valence-corrected chi connectivity index (χ0v) is 12.8. The van der Waals surface area contributed by atoms with Crippen LogP contribution in [0, 0.1) is 0 Å². The van der Waals surface area contributed by atoms with Crippen molar-refractivity contribution in [2.45, 2.75) is 6.04 Å². The minimum absolute atomic E-state index is 0.291. The molecule has 1 aliphatic rings. The maximum atomic E-state index is 13.6. The fourth-order valence-corrected chi connectivity index (χ4v) is 2.69. The Bertz CT molecular complexity index is 439. The van der Waals surface area contributed by atoms with E-state index >= 15 is 0 Å². The summed E-state index contributed by atoms with van der Waals surface area (Å²) in [4.78, 5) is 2.14. The Labute approximate surface area is 125 Å². The van der Waals surface area contributed by atoms with Gasteiger partial charge in [0.25, 0.3) is 0 Å². The van der Waals surface area contributed by atoms with Crippen LogP contribution in [0.4, 0.5) is 4.39 Å². The highest BCUT2D eigenvalue weighted by Crippen LogP contribution is 2.40. The number of nitrogens with one attached hydrogen (secondary N) is 1. The Morgan fingerprint density at radius 3 is 2.10 bits per heavy atom. The third-order valence-electron chi connectivity index (χ3n) is 3.81. The molecule has 0 radical (unpaired) electrons. The van der Waals surface area contributed by atoms with E-state index in [1.54, 1.807) is 21.3 Å². The lowest BCUT2D eigenvalue weighted by Crippen LogP contribution is -2.45. The smallest absolute Gasteiger partial charge is 0.203 e. The van der Waals surface area contributed by atoms with Crippen molar-refractivity contribution >= 4 is 0 Å². The predicted octanol–water partition coefficient (Wildman–Crippen LogP) is 1.63. The lowest BCUT2D eigenvalue weighted by atomic mass is 10.0. The predicted molar refractivity (Wildman–Crippen MR) is 79.3 cm³/mol. The molecular formula is C15H23FN2O3. The second-order valence-corrected chi connectivity index (χ2v) is 4.91. The van der Waals surface area contributed by atoms with Gasteiger partial charge in [-0.2, -0.15) is 0 Å². The number of nitrogens with zero attached hydrogens (tertiary/aromatic N) is 1. The first-order valence-electron chi connectivity index (χ1n) is 7.05. The van der Waals surface area contributed by atoms with Crippen LogP contribution >= 0.6 is 0 Å². The molecule has 1 aromatic carbocycles. The fourth-order valence-electron chi connectivity index (χ4n) is 2.69. The molecule has 1 atom stereocenters. The SMILES string of the molecule is COc1cc([C@@H](CF)N2CCNCC2)cc(OC)c1OC. The average Bonchev–Trinajstić information content (AvgIpc) is 2.55. The van der Waals surface area contributed by atoms with Gasteiger partial charge in [0, 0.05) is 26.2 Å². The van der Waals surface area contributed by atoms with E-state index in [0.29, 0.717) is 17.2 Å². The summed E-state index contributed by atoms with van der Waals surface area (Å²) < 4.78 is 29.6. The summed E-state index contributed by atoms with van der Waals surface area (Å²) in [6.45, 7) is 2.96. The quantitative estimate of drug-likeness (QED) is 0.864. The minimum Gasteiger partial charge on any atom is -0.493 e. The van der Waals surface area contributed by atoms with Gasteiger partial charge in [-0.3, -0.25) is 4.90 Å². The highest BCUT2D eigenvalue weighted by atomic mass is 19.1. The molecule has 0 unspecified atom stereocenters. The van der Waals surface area contributed by atoms with Gasteiger partial charge < -0.3 is 19.5 Å². The molecule has 0 amide bonds. The highest BCUT2D eigenvalue weighted by molar-refractivity contribution is 5.54. The molecule has 0 spiro atoms. The van der Waals surface area contributed by atoms with E-state index in [2.05, 4.69) is 10.2 Å². The molecule has 1 saturated heterocycles. The number of hydrogen-bond acceptors (Lipinski definition) is 5. The van der Waals surface area contributed by atoms with E-state index in [4.69, 9.17) is 14.2 Å². The average molecular weight is 298 g/mol. The lowest BCUT2D eigenvalue weighted by molar-refractivity contribution is 0.147. The summed E-state index contributed by atoms with van der Waals surface area (Å²) in [6.07, 6.45) is 0. The van der Waals surface area contributed by atoms with E-state index < -0.39 is 6.67 Å². The molecule has 2 rings (SSSR count). The molecule has 118 valence electrons. The van der Waals surface area contributed by atoms with Crippen molar-refractivity contribution < 1.29 is 18.6 Å². The van der Waals surface area contributed by atoms with Gasteiger partial charge in [-0.1, -0.05) is 0 Å². The number of hydrogen-bond donors (Lipinski definition) is 1. The van der Waals surface area contributed by atoms with Gasteiger partial charge in [0.15, 0.2) is 11.5 Å². The van der Waals surface area contributed by atoms with Crippen LogP contribution < -0.4 is 19.5 Å². The zero-order chi connectivity index (χ0) is 15.2. The van der Waals surface area contributed by atoms with Gasteiger partial charge in [0.05, 0.1) is 27.4 Å². The summed E-state index contributed by atoms with van der Waals surface area (Å²) in [5, 5.41) is 3.27. The fraction of sp³-hybridized carbons (Fsp3) is 0.600. The monoisotopic (exact) mass is 298 g/mol. The molecule has 1 heterocycles. The third-order valence-corrected chi connectivity index (χ3v) is 3.81. The van der Waals surface area contributed by atoms with Crippen molar-refractivity contribution in [1.82, 2.24) is 10.2 Å². The number of piperazine rings is 1. The zero-order valence-electron chi connectivity index (χ0n) is 12.8. The van der Waals surface area contributed by atoms with Crippen molar-refractivity contribution in [2.75, 3.05) is 54.2 Å². The number of rotatable bonds is 6. The van der Waals surface area contributed by atoms with E-state index in [1.165, 1.54) is 0 Å². The van der Waals surface area contributed by atoms with Crippen molar-refractivity contribution in [3.8, 4) is 17.2 Å². The molecule has 21 heavy (non-hydrogen) atoms. The van der Waals surface area contributed by atoms with Crippen molar-refractivity contribution in [2.24, 2.45) is 0 Å². The van der Waals surface area contributed by atoms with Crippen LogP contribution in [0.3, 0.4) is 0 Å². The van der Waals surface area contributed by atoms with Crippen LogP contribution in [-0.2, 0) is 0 Å². The molecule has 1 N–H and O–H groups in total.